The maximum Gasteiger partial charge on any atom is 0.422 e. The molecule has 0 aliphatic rings. The molecule has 19 heavy (non-hydrogen) atoms. The van der Waals surface area contributed by atoms with Crippen LogP contribution in [0.1, 0.15) is 39.3 Å². The number of hydrazine groups is 1. The molecular formula is C13H18Cl2N2O2. The van der Waals surface area contributed by atoms with Crippen molar-refractivity contribution in [3.8, 4) is 0 Å². The standard InChI is InChI=1S/C13H18Cl2N2O2/c1-8(9-5-6-10(14)11(15)7-9)16-17-12(18)19-13(2,3)4/h5-8,16H,1-4H3,(H,17,18). The van der Waals surface area contributed by atoms with Gasteiger partial charge in [0.1, 0.15) is 5.60 Å². The summed E-state index contributed by atoms with van der Waals surface area (Å²) in [4.78, 5) is 11.5. The van der Waals surface area contributed by atoms with Crippen molar-refractivity contribution in [1.82, 2.24) is 10.9 Å². The molecule has 0 bridgehead atoms. The van der Waals surface area contributed by atoms with Gasteiger partial charge in [0.2, 0.25) is 0 Å². The highest BCUT2D eigenvalue weighted by atomic mass is 35.5. The molecule has 0 saturated carbocycles. The van der Waals surface area contributed by atoms with Crippen molar-refractivity contribution in [1.29, 1.82) is 0 Å². The molecule has 0 spiro atoms. The highest BCUT2D eigenvalue weighted by Gasteiger charge is 2.16. The average molecular weight is 305 g/mol. The zero-order valence-electron chi connectivity index (χ0n) is 11.4. The van der Waals surface area contributed by atoms with Crippen LogP contribution < -0.4 is 10.9 Å². The number of hydrogen-bond donors (Lipinski definition) is 2. The van der Waals surface area contributed by atoms with Gasteiger partial charge in [0.25, 0.3) is 0 Å². The van der Waals surface area contributed by atoms with E-state index in [-0.39, 0.29) is 6.04 Å². The topological polar surface area (TPSA) is 50.4 Å². The van der Waals surface area contributed by atoms with Gasteiger partial charge < -0.3 is 4.74 Å². The Bertz CT molecular complexity index is 458. The minimum absolute atomic E-state index is 0.123. The molecule has 0 aliphatic carbocycles. The van der Waals surface area contributed by atoms with Crippen molar-refractivity contribution in [2.45, 2.75) is 39.3 Å². The van der Waals surface area contributed by atoms with Gasteiger partial charge in [-0.2, -0.15) is 0 Å². The van der Waals surface area contributed by atoms with E-state index in [9.17, 15) is 4.79 Å². The first kappa shape index (κ1) is 16.1. The van der Waals surface area contributed by atoms with E-state index in [1.165, 1.54) is 0 Å². The number of nitrogens with one attached hydrogen (secondary N) is 2. The summed E-state index contributed by atoms with van der Waals surface area (Å²) >= 11 is 11.8. The molecule has 6 heteroatoms. The minimum Gasteiger partial charge on any atom is -0.443 e. The SMILES string of the molecule is CC(NNC(=O)OC(C)(C)C)c1ccc(Cl)c(Cl)c1. The third-order valence-corrected chi connectivity index (χ3v) is 2.97. The zero-order chi connectivity index (χ0) is 14.6. The molecule has 106 valence electrons. The van der Waals surface area contributed by atoms with Crippen molar-refractivity contribution in [3.63, 3.8) is 0 Å². The Kier molecular flexibility index (Phi) is 5.47. The summed E-state index contributed by atoms with van der Waals surface area (Å²) < 4.78 is 5.11. The van der Waals surface area contributed by atoms with Crippen LogP contribution in [0.15, 0.2) is 18.2 Å². The lowest BCUT2D eigenvalue weighted by Gasteiger charge is -2.21. The van der Waals surface area contributed by atoms with E-state index in [2.05, 4.69) is 10.9 Å². The first-order chi connectivity index (χ1) is 8.69. The van der Waals surface area contributed by atoms with Gasteiger partial charge in [-0.1, -0.05) is 29.3 Å². The summed E-state index contributed by atoms with van der Waals surface area (Å²) in [7, 11) is 0. The van der Waals surface area contributed by atoms with Crippen molar-refractivity contribution in [2.75, 3.05) is 0 Å². The van der Waals surface area contributed by atoms with Crippen LogP contribution in [0, 0.1) is 0 Å². The summed E-state index contributed by atoms with van der Waals surface area (Å²) in [6.07, 6.45) is -0.528. The molecule has 0 aromatic heterocycles. The summed E-state index contributed by atoms with van der Waals surface area (Å²) in [5.74, 6) is 0. The molecule has 0 aliphatic heterocycles. The smallest absolute Gasteiger partial charge is 0.422 e. The number of carbonyl (C=O) groups is 1. The molecule has 1 amide bonds. The van der Waals surface area contributed by atoms with E-state index in [1.807, 2.05) is 13.0 Å². The van der Waals surface area contributed by atoms with E-state index in [0.717, 1.165) is 5.56 Å². The van der Waals surface area contributed by atoms with Gasteiger partial charge in [-0.15, -0.1) is 0 Å². The van der Waals surface area contributed by atoms with Gasteiger partial charge >= 0.3 is 6.09 Å². The molecule has 0 fully saturated rings. The Morgan fingerprint density at radius 2 is 1.89 bits per heavy atom. The second kappa shape index (κ2) is 6.46. The molecule has 1 unspecified atom stereocenters. The highest BCUT2D eigenvalue weighted by Crippen LogP contribution is 2.25. The van der Waals surface area contributed by atoms with Crippen molar-refractivity contribution in [2.24, 2.45) is 0 Å². The van der Waals surface area contributed by atoms with Crippen LogP contribution in [-0.4, -0.2) is 11.7 Å². The van der Waals surface area contributed by atoms with E-state index in [0.29, 0.717) is 10.0 Å². The molecule has 4 nitrogen and oxygen atoms in total. The lowest BCUT2D eigenvalue weighted by atomic mass is 10.1. The summed E-state index contributed by atoms with van der Waals surface area (Å²) in [6.45, 7) is 7.29. The normalized spacial score (nSPS) is 12.9. The first-order valence-electron chi connectivity index (χ1n) is 5.88. The largest absolute Gasteiger partial charge is 0.443 e. The van der Waals surface area contributed by atoms with Crippen LogP contribution in [0.25, 0.3) is 0 Å². The Balaban J connectivity index is 2.53. The van der Waals surface area contributed by atoms with Gasteiger partial charge in [-0.3, -0.25) is 5.43 Å². The van der Waals surface area contributed by atoms with Crippen LogP contribution in [0.5, 0.6) is 0 Å². The van der Waals surface area contributed by atoms with Crippen molar-refractivity contribution >= 4 is 29.3 Å². The second-order valence-corrected chi connectivity index (χ2v) is 5.98. The third-order valence-electron chi connectivity index (χ3n) is 2.23. The molecule has 1 rings (SSSR count). The Labute approximate surface area is 123 Å². The van der Waals surface area contributed by atoms with E-state index < -0.39 is 11.7 Å². The summed E-state index contributed by atoms with van der Waals surface area (Å²) in [5.41, 5.74) is 5.70. The minimum atomic E-state index is -0.529. The number of benzene rings is 1. The fraction of sp³-hybridized carbons (Fsp3) is 0.462. The summed E-state index contributed by atoms with van der Waals surface area (Å²) in [6, 6.07) is 5.17. The number of rotatable bonds is 3. The monoisotopic (exact) mass is 304 g/mol. The van der Waals surface area contributed by atoms with Crippen molar-refractivity contribution in [3.05, 3.63) is 33.8 Å². The predicted octanol–water partition coefficient (Wildman–Crippen LogP) is 4.08. The summed E-state index contributed by atoms with van der Waals surface area (Å²) in [5, 5.41) is 0.975. The Morgan fingerprint density at radius 3 is 2.42 bits per heavy atom. The fourth-order valence-electron chi connectivity index (χ4n) is 1.34. The van der Waals surface area contributed by atoms with Crippen LogP contribution in [0.4, 0.5) is 4.79 Å². The van der Waals surface area contributed by atoms with Crippen molar-refractivity contribution < 1.29 is 9.53 Å². The maximum atomic E-state index is 11.5. The fourth-order valence-corrected chi connectivity index (χ4v) is 1.64. The van der Waals surface area contributed by atoms with E-state index >= 15 is 0 Å². The molecular weight excluding hydrogens is 287 g/mol. The lowest BCUT2D eigenvalue weighted by molar-refractivity contribution is 0.0489. The second-order valence-electron chi connectivity index (χ2n) is 5.17. The number of halogens is 2. The maximum absolute atomic E-state index is 11.5. The molecule has 0 heterocycles. The molecule has 0 saturated heterocycles. The highest BCUT2D eigenvalue weighted by molar-refractivity contribution is 6.42. The molecule has 1 aromatic rings. The van der Waals surface area contributed by atoms with Crippen LogP contribution in [0.3, 0.4) is 0 Å². The molecule has 1 aromatic carbocycles. The molecule has 1 atom stereocenters. The number of ether oxygens (including phenoxy) is 1. The molecule has 0 radical (unpaired) electrons. The van der Waals surface area contributed by atoms with Gasteiger partial charge in [-0.25, -0.2) is 10.2 Å². The first-order valence-corrected chi connectivity index (χ1v) is 6.64. The lowest BCUT2D eigenvalue weighted by Crippen LogP contribution is -2.42. The van der Waals surface area contributed by atoms with Gasteiger partial charge in [-0.05, 0) is 45.4 Å². The number of carbonyl (C=O) groups excluding carboxylic acids is 1. The molecule has 2 N–H and O–H groups in total. The van der Waals surface area contributed by atoms with Crippen LogP contribution >= 0.6 is 23.2 Å². The van der Waals surface area contributed by atoms with E-state index in [1.54, 1.807) is 32.9 Å². The van der Waals surface area contributed by atoms with Crippen LogP contribution in [0.2, 0.25) is 10.0 Å². The quantitative estimate of drug-likeness (QED) is 0.827. The van der Waals surface area contributed by atoms with Gasteiger partial charge in [0.15, 0.2) is 0 Å². The number of amides is 1. The van der Waals surface area contributed by atoms with Gasteiger partial charge in [0.05, 0.1) is 10.0 Å². The van der Waals surface area contributed by atoms with Gasteiger partial charge in [0, 0.05) is 6.04 Å². The third kappa shape index (κ3) is 5.68. The Hall–Kier alpha value is -0.970. The predicted molar refractivity (Wildman–Crippen MR) is 77.4 cm³/mol. The van der Waals surface area contributed by atoms with Crippen LogP contribution in [-0.2, 0) is 4.74 Å². The zero-order valence-corrected chi connectivity index (χ0v) is 12.9. The average Bonchev–Trinajstić information content (AvgIpc) is 2.27. The number of hydrogen-bond acceptors (Lipinski definition) is 3. The Morgan fingerprint density at radius 1 is 1.26 bits per heavy atom. The van der Waals surface area contributed by atoms with E-state index in [4.69, 9.17) is 27.9 Å².